The molecule has 1 aliphatic heterocycles. The summed E-state index contributed by atoms with van der Waals surface area (Å²) in [7, 11) is 0. The summed E-state index contributed by atoms with van der Waals surface area (Å²) in [6.07, 6.45) is 0.742. The maximum absolute atomic E-state index is 10.1. The van der Waals surface area contributed by atoms with E-state index in [2.05, 4.69) is 0 Å². The topological polar surface area (TPSA) is 38.7 Å². The van der Waals surface area contributed by atoms with Gasteiger partial charge >= 0.3 is 0 Å². The van der Waals surface area contributed by atoms with Gasteiger partial charge in [-0.15, -0.1) is 0 Å². The predicted molar refractivity (Wildman–Crippen MR) is 62.2 cm³/mol. The van der Waals surface area contributed by atoms with Gasteiger partial charge in [0.1, 0.15) is 0 Å². The normalized spacial score (nSPS) is 14.3. The van der Waals surface area contributed by atoms with Gasteiger partial charge in [0.15, 0.2) is 11.5 Å². The molecule has 1 aliphatic rings. The Morgan fingerprint density at radius 1 is 1.44 bits per heavy atom. The molecule has 0 spiro atoms. The maximum atomic E-state index is 10.1. The highest BCUT2D eigenvalue weighted by Crippen LogP contribution is 2.44. The van der Waals surface area contributed by atoms with E-state index in [1.807, 2.05) is 6.92 Å². The van der Waals surface area contributed by atoms with E-state index in [1.54, 1.807) is 19.9 Å². The van der Waals surface area contributed by atoms with Crippen LogP contribution >= 0.6 is 11.6 Å². The minimum Gasteiger partial charge on any atom is -0.454 e. The zero-order valence-corrected chi connectivity index (χ0v) is 10.4. The Morgan fingerprint density at radius 2 is 2.12 bits per heavy atom. The second-order valence-electron chi connectivity index (χ2n) is 4.36. The van der Waals surface area contributed by atoms with Crippen LogP contribution < -0.4 is 9.47 Å². The summed E-state index contributed by atoms with van der Waals surface area (Å²) < 4.78 is 10.7. The quantitative estimate of drug-likeness (QED) is 0.867. The summed E-state index contributed by atoms with van der Waals surface area (Å²) in [5, 5.41) is 10.7. The molecule has 1 aromatic rings. The van der Waals surface area contributed by atoms with E-state index in [0.29, 0.717) is 16.5 Å². The molecule has 0 saturated heterocycles. The van der Waals surface area contributed by atoms with E-state index in [-0.39, 0.29) is 6.79 Å². The number of halogens is 1. The molecule has 0 amide bonds. The fourth-order valence-corrected chi connectivity index (χ4v) is 2.52. The molecular formula is C12H15ClO3. The average Bonchev–Trinajstić information content (AvgIpc) is 2.60. The van der Waals surface area contributed by atoms with Crippen molar-refractivity contribution in [2.45, 2.75) is 32.8 Å². The highest BCUT2D eigenvalue weighted by molar-refractivity contribution is 6.31. The van der Waals surface area contributed by atoms with Crippen LogP contribution in [0, 0.1) is 0 Å². The number of benzene rings is 1. The summed E-state index contributed by atoms with van der Waals surface area (Å²) >= 11 is 6.18. The molecule has 0 aliphatic carbocycles. The van der Waals surface area contributed by atoms with Crippen LogP contribution in [-0.2, 0) is 12.0 Å². The van der Waals surface area contributed by atoms with Gasteiger partial charge in [-0.25, -0.2) is 0 Å². The molecule has 0 aromatic heterocycles. The molecule has 0 radical (unpaired) electrons. The Balaban J connectivity index is 2.69. The Hall–Kier alpha value is -0.930. The van der Waals surface area contributed by atoms with E-state index in [0.717, 1.165) is 17.5 Å². The lowest BCUT2D eigenvalue weighted by molar-refractivity contribution is 0.0774. The predicted octanol–water partition coefficient (Wildman–Crippen LogP) is 2.86. The molecular weight excluding hydrogens is 228 g/mol. The van der Waals surface area contributed by atoms with Crippen LogP contribution in [0.5, 0.6) is 11.5 Å². The Bertz CT molecular complexity index is 421. The van der Waals surface area contributed by atoms with Crippen LogP contribution in [0.15, 0.2) is 6.07 Å². The standard InChI is InChI=1S/C12H15ClO3/c1-4-7-10(12(2,3)14)8(13)5-9-11(7)16-6-15-9/h5,14H,4,6H2,1-3H3. The number of hydrogen-bond donors (Lipinski definition) is 1. The Morgan fingerprint density at radius 3 is 2.69 bits per heavy atom. The zero-order chi connectivity index (χ0) is 11.9. The lowest BCUT2D eigenvalue weighted by atomic mass is 9.91. The third-order valence-corrected chi connectivity index (χ3v) is 2.98. The fraction of sp³-hybridized carbons (Fsp3) is 0.500. The van der Waals surface area contributed by atoms with Gasteiger partial charge in [-0.3, -0.25) is 0 Å². The highest BCUT2D eigenvalue weighted by Gasteiger charge is 2.29. The minimum absolute atomic E-state index is 0.216. The summed E-state index contributed by atoms with van der Waals surface area (Å²) in [6.45, 7) is 5.65. The minimum atomic E-state index is -0.983. The fourth-order valence-electron chi connectivity index (χ4n) is 2.08. The van der Waals surface area contributed by atoms with E-state index in [1.165, 1.54) is 0 Å². The zero-order valence-electron chi connectivity index (χ0n) is 9.63. The molecule has 0 unspecified atom stereocenters. The van der Waals surface area contributed by atoms with Gasteiger partial charge in [0.2, 0.25) is 6.79 Å². The third kappa shape index (κ3) is 1.74. The van der Waals surface area contributed by atoms with Crippen LogP contribution in [0.4, 0.5) is 0 Å². The van der Waals surface area contributed by atoms with Crippen molar-refractivity contribution in [3.8, 4) is 11.5 Å². The van der Waals surface area contributed by atoms with Crippen molar-refractivity contribution in [2.24, 2.45) is 0 Å². The largest absolute Gasteiger partial charge is 0.454 e. The number of hydrogen-bond acceptors (Lipinski definition) is 3. The van der Waals surface area contributed by atoms with Crippen molar-refractivity contribution in [3.63, 3.8) is 0 Å². The van der Waals surface area contributed by atoms with Gasteiger partial charge in [0.25, 0.3) is 0 Å². The molecule has 4 heteroatoms. The van der Waals surface area contributed by atoms with Crippen molar-refractivity contribution >= 4 is 11.6 Å². The smallest absolute Gasteiger partial charge is 0.231 e. The first-order valence-electron chi connectivity index (χ1n) is 5.29. The second-order valence-corrected chi connectivity index (χ2v) is 4.77. The third-order valence-electron chi connectivity index (χ3n) is 2.68. The van der Waals surface area contributed by atoms with Gasteiger partial charge in [-0.05, 0) is 20.3 Å². The molecule has 1 aromatic carbocycles. The van der Waals surface area contributed by atoms with Crippen molar-refractivity contribution < 1.29 is 14.6 Å². The van der Waals surface area contributed by atoms with Crippen LogP contribution in [-0.4, -0.2) is 11.9 Å². The Kier molecular flexibility index (Phi) is 2.76. The van der Waals surface area contributed by atoms with Gasteiger partial charge < -0.3 is 14.6 Å². The van der Waals surface area contributed by atoms with E-state index >= 15 is 0 Å². The number of rotatable bonds is 2. The van der Waals surface area contributed by atoms with Gasteiger partial charge in [0, 0.05) is 17.2 Å². The first kappa shape index (κ1) is 11.6. The van der Waals surface area contributed by atoms with Gasteiger partial charge in [0.05, 0.1) is 10.6 Å². The second kappa shape index (κ2) is 3.82. The van der Waals surface area contributed by atoms with Crippen LogP contribution in [0.25, 0.3) is 0 Å². The summed E-state index contributed by atoms with van der Waals surface area (Å²) in [5.74, 6) is 1.37. The molecule has 1 heterocycles. The SMILES string of the molecule is CCc1c2c(cc(Cl)c1C(C)(C)O)OCO2. The van der Waals surface area contributed by atoms with Crippen LogP contribution in [0.2, 0.25) is 5.02 Å². The van der Waals surface area contributed by atoms with Gasteiger partial charge in [-0.1, -0.05) is 18.5 Å². The molecule has 1 N–H and O–H groups in total. The molecule has 0 atom stereocenters. The van der Waals surface area contributed by atoms with E-state index in [9.17, 15) is 5.11 Å². The monoisotopic (exact) mass is 242 g/mol. The average molecular weight is 243 g/mol. The van der Waals surface area contributed by atoms with Crippen molar-refractivity contribution in [2.75, 3.05) is 6.79 Å². The molecule has 0 bridgehead atoms. The maximum Gasteiger partial charge on any atom is 0.231 e. The highest BCUT2D eigenvalue weighted by atomic mass is 35.5. The van der Waals surface area contributed by atoms with Gasteiger partial charge in [-0.2, -0.15) is 0 Å². The number of ether oxygens (including phenoxy) is 2. The van der Waals surface area contributed by atoms with E-state index < -0.39 is 5.60 Å². The first-order chi connectivity index (χ1) is 7.45. The molecule has 16 heavy (non-hydrogen) atoms. The summed E-state index contributed by atoms with van der Waals surface area (Å²) in [5.41, 5.74) is 0.664. The Labute approximate surface area is 99.9 Å². The van der Waals surface area contributed by atoms with Crippen molar-refractivity contribution in [1.29, 1.82) is 0 Å². The number of aliphatic hydroxyl groups is 1. The molecule has 0 saturated carbocycles. The first-order valence-corrected chi connectivity index (χ1v) is 5.66. The van der Waals surface area contributed by atoms with Crippen molar-refractivity contribution in [3.05, 3.63) is 22.2 Å². The number of fused-ring (bicyclic) bond motifs is 1. The lowest BCUT2D eigenvalue weighted by Gasteiger charge is -2.23. The van der Waals surface area contributed by atoms with Crippen LogP contribution in [0.1, 0.15) is 31.9 Å². The van der Waals surface area contributed by atoms with E-state index in [4.69, 9.17) is 21.1 Å². The summed E-state index contributed by atoms with van der Waals surface area (Å²) in [4.78, 5) is 0. The molecule has 2 rings (SSSR count). The van der Waals surface area contributed by atoms with Crippen molar-refractivity contribution in [1.82, 2.24) is 0 Å². The molecule has 0 fully saturated rings. The molecule has 88 valence electrons. The molecule has 3 nitrogen and oxygen atoms in total. The summed E-state index contributed by atoms with van der Waals surface area (Å²) in [6, 6.07) is 1.70. The lowest BCUT2D eigenvalue weighted by Crippen LogP contribution is -2.19. The van der Waals surface area contributed by atoms with Crippen LogP contribution in [0.3, 0.4) is 0 Å².